The molecule has 0 heterocycles. The Morgan fingerprint density at radius 3 is 2.24 bits per heavy atom. The SMILES string of the molecule is Cc1cc(C)cc(N(C)C(=O)CC2(CN)CCCCC2)c1. The molecule has 3 nitrogen and oxygen atoms in total. The number of carbonyl (C=O) groups is 1. The van der Waals surface area contributed by atoms with Gasteiger partial charge in [0.25, 0.3) is 0 Å². The summed E-state index contributed by atoms with van der Waals surface area (Å²) in [5, 5.41) is 0. The van der Waals surface area contributed by atoms with Crippen LogP contribution in [0.4, 0.5) is 5.69 Å². The Bertz CT molecular complexity index is 484. The first-order chi connectivity index (χ1) is 9.96. The first-order valence-corrected chi connectivity index (χ1v) is 8.01. The standard InChI is InChI=1S/C18H28N2O/c1-14-9-15(2)11-16(10-14)20(3)17(21)12-18(13-19)7-5-4-6-8-18/h9-11H,4-8,12-13,19H2,1-3H3. The lowest BCUT2D eigenvalue weighted by molar-refractivity contribution is -0.121. The lowest BCUT2D eigenvalue weighted by atomic mass is 9.71. The quantitative estimate of drug-likeness (QED) is 0.920. The van der Waals surface area contributed by atoms with Crippen LogP contribution in [-0.2, 0) is 4.79 Å². The van der Waals surface area contributed by atoms with E-state index >= 15 is 0 Å². The smallest absolute Gasteiger partial charge is 0.227 e. The number of hydrogen-bond acceptors (Lipinski definition) is 2. The topological polar surface area (TPSA) is 46.3 Å². The second-order valence-corrected chi connectivity index (χ2v) is 6.74. The monoisotopic (exact) mass is 288 g/mol. The molecule has 3 heteroatoms. The van der Waals surface area contributed by atoms with E-state index in [4.69, 9.17) is 5.73 Å². The van der Waals surface area contributed by atoms with E-state index in [1.165, 1.54) is 30.4 Å². The maximum Gasteiger partial charge on any atom is 0.227 e. The van der Waals surface area contributed by atoms with E-state index in [-0.39, 0.29) is 11.3 Å². The third-order valence-electron chi connectivity index (χ3n) is 4.84. The van der Waals surface area contributed by atoms with Crippen LogP contribution < -0.4 is 10.6 Å². The molecule has 0 aliphatic heterocycles. The minimum absolute atomic E-state index is 0.0302. The highest BCUT2D eigenvalue weighted by atomic mass is 16.2. The van der Waals surface area contributed by atoms with Gasteiger partial charge in [0, 0.05) is 19.2 Å². The molecule has 1 fully saturated rings. The number of nitrogens with two attached hydrogens (primary N) is 1. The van der Waals surface area contributed by atoms with Crippen molar-refractivity contribution in [2.24, 2.45) is 11.1 Å². The van der Waals surface area contributed by atoms with Crippen molar-refractivity contribution in [3.8, 4) is 0 Å². The third kappa shape index (κ3) is 3.85. The van der Waals surface area contributed by atoms with E-state index in [2.05, 4.69) is 32.0 Å². The number of amides is 1. The summed E-state index contributed by atoms with van der Waals surface area (Å²) in [6, 6.07) is 6.27. The molecule has 1 saturated carbocycles. The number of hydrogen-bond donors (Lipinski definition) is 1. The normalized spacial score (nSPS) is 17.5. The number of anilines is 1. The first kappa shape index (κ1) is 16.0. The van der Waals surface area contributed by atoms with Crippen molar-refractivity contribution < 1.29 is 4.79 Å². The molecule has 1 aromatic carbocycles. The molecule has 21 heavy (non-hydrogen) atoms. The summed E-state index contributed by atoms with van der Waals surface area (Å²) in [7, 11) is 1.88. The minimum atomic E-state index is 0.0302. The molecule has 116 valence electrons. The highest BCUT2D eigenvalue weighted by Gasteiger charge is 2.34. The summed E-state index contributed by atoms with van der Waals surface area (Å²) < 4.78 is 0. The molecule has 2 N–H and O–H groups in total. The van der Waals surface area contributed by atoms with Gasteiger partial charge in [0.2, 0.25) is 5.91 Å². The molecule has 1 amide bonds. The van der Waals surface area contributed by atoms with Gasteiger partial charge in [0.1, 0.15) is 0 Å². The van der Waals surface area contributed by atoms with Crippen LogP contribution in [0.15, 0.2) is 18.2 Å². The van der Waals surface area contributed by atoms with Crippen molar-refractivity contribution >= 4 is 11.6 Å². The average molecular weight is 288 g/mol. The number of rotatable bonds is 4. The summed E-state index contributed by atoms with van der Waals surface area (Å²) >= 11 is 0. The lowest BCUT2D eigenvalue weighted by Gasteiger charge is -2.36. The van der Waals surface area contributed by atoms with E-state index in [9.17, 15) is 4.79 Å². The largest absolute Gasteiger partial charge is 0.330 e. The van der Waals surface area contributed by atoms with Crippen molar-refractivity contribution in [1.29, 1.82) is 0 Å². The molecule has 1 aliphatic carbocycles. The maximum absolute atomic E-state index is 12.7. The summed E-state index contributed by atoms with van der Waals surface area (Å²) in [6.45, 7) is 4.76. The molecule has 0 saturated heterocycles. The van der Waals surface area contributed by atoms with Crippen LogP contribution in [-0.4, -0.2) is 19.5 Å². The zero-order chi connectivity index (χ0) is 15.5. The van der Waals surface area contributed by atoms with Crippen LogP contribution in [0.5, 0.6) is 0 Å². The second kappa shape index (κ2) is 6.61. The van der Waals surface area contributed by atoms with E-state index in [1.807, 2.05) is 7.05 Å². The maximum atomic E-state index is 12.7. The van der Waals surface area contributed by atoms with Crippen LogP contribution in [0.3, 0.4) is 0 Å². The predicted octanol–water partition coefficient (Wildman–Crippen LogP) is 3.57. The van der Waals surface area contributed by atoms with E-state index in [1.54, 1.807) is 4.90 Å². The Morgan fingerprint density at radius 1 is 1.14 bits per heavy atom. The summed E-state index contributed by atoms with van der Waals surface area (Å²) in [4.78, 5) is 14.5. The highest BCUT2D eigenvalue weighted by molar-refractivity contribution is 5.93. The molecule has 1 aliphatic rings. The zero-order valence-corrected chi connectivity index (χ0v) is 13.6. The molecular formula is C18H28N2O. The van der Waals surface area contributed by atoms with Gasteiger partial charge in [-0.05, 0) is 61.9 Å². The van der Waals surface area contributed by atoms with Gasteiger partial charge in [-0.1, -0.05) is 25.3 Å². The lowest BCUT2D eigenvalue weighted by Crippen LogP contribution is -2.39. The highest BCUT2D eigenvalue weighted by Crippen LogP contribution is 2.39. The van der Waals surface area contributed by atoms with Gasteiger partial charge in [-0.25, -0.2) is 0 Å². The van der Waals surface area contributed by atoms with Gasteiger partial charge in [0.15, 0.2) is 0 Å². The van der Waals surface area contributed by atoms with Crippen LogP contribution in [0.1, 0.15) is 49.7 Å². The minimum Gasteiger partial charge on any atom is -0.330 e. The Kier molecular flexibility index (Phi) is 5.04. The molecule has 0 unspecified atom stereocenters. The Labute approximate surface area is 128 Å². The predicted molar refractivity (Wildman–Crippen MR) is 88.5 cm³/mol. The van der Waals surface area contributed by atoms with Crippen LogP contribution in [0.25, 0.3) is 0 Å². The second-order valence-electron chi connectivity index (χ2n) is 6.74. The fourth-order valence-electron chi connectivity index (χ4n) is 3.48. The molecule has 0 atom stereocenters. The Hall–Kier alpha value is -1.35. The van der Waals surface area contributed by atoms with Crippen molar-refractivity contribution in [2.45, 2.75) is 52.4 Å². The number of nitrogens with zero attached hydrogens (tertiary/aromatic N) is 1. The Morgan fingerprint density at radius 2 is 1.71 bits per heavy atom. The van der Waals surface area contributed by atoms with Crippen molar-refractivity contribution in [2.75, 3.05) is 18.5 Å². The fourth-order valence-corrected chi connectivity index (χ4v) is 3.48. The van der Waals surface area contributed by atoms with Gasteiger partial charge < -0.3 is 10.6 Å². The van der Waals surface area contributed by atoms with Crippen LogP contribution in [0.2, 0.25) is 0 Å². The molecule has 0 aromatic heterocycles. The molecule has 0 spiro atoms. The van der Waals surface area contributed by atoms with Gasteiger partial charge in [0.05, 0.1) is 0 Å². The molecule has 2 rings (SSSR count). The van der Waals surface area contributed by atoms with Crippen molar-refractivity contribution in [3.63, 3.8) is 0 Å². The fraction of sp³-hybridized carbons (Fsp3) is 0.611. The molecular weight excluding hydrogens is 260 g/mol. The third-order valence-corrected chi connectivity index (χ3v) is 4.84. The number of carbonyl (C=O) groups excluding carboxylic acids is 1. The molecule has 0 radical (unpaired) electrons. The van der Waals surface area contributed by atoms with E-state index in [0.717, 1.165) is 18.5 Å². The number of aryl methyl sites for hydroxylation is 2. The van der Waals surface area contributed by atoms with Gasteiger partial charge in [-0.2, -0.15) is 0 Å². The van der Waals surface area contributed by atoms with Crippen molar-refractivity contribution in [1.82, 2.24) is 0 Å². The molecule has 0 bridgehead atoms. The van der Waals surface area contributed by atoms with Gasteiger partial charge in [-0.15, -0.1) is 0 Å². The zero-order valence-electron chi connectivity index (χ0n) is 13.6. The summed E-state index contributed by atoms with van der Waals surface area (Å²) in [5.41, 5.74) is 9.40. The van der Waals surface area contributed by atoms with Crippen LogP contribution >= 0.6 is 0 Å². The van der Waals surface area contributed by atoms with Crippen LogP contribution in [0, 0.1) is 19.3 Å². The van der Waals surface area contributed by atoms with Gasteiger partial charge >= 0.3 is 0 Å². The average Bonchev–Trinajstić information content (AvgIpc) is 2.46. The molecule has 1 aromatic rings. The van der Waals surface area contributed by atoms with E-state index < -0.39 is 0 Å². The summed E-state index contributed by atoms with van der Waals surface area (Å²) in [6.07, 6.45) is 6.46. The van der Waals surface area contributed by atoms with E-state index in [0.29, 0.717) is 13.0 Å². The first-order valence-electron chi connectivity index (χ1n) is 8.01. The number of benzene rings is 1. The Balaban J connectivity index is 2.11. The van der Waals surface area contributed by atoms with Gasteiger partial charge in [-0.3, -0.25) is 4.79 Å². The van der Waals surface area contributed by atoms with Crippen molar-refractivity contribution in [3.05, 3.63) is 29.3 Å². The summed E-state index contributed by atoms with van der Waals surface area (Å²) in [5.74, 6) is 0.187.